The normalized spacial score (nSPS) is 18.7. The summed E-state index contributed by atoms with van der Waals surface area (Å²) in [6.07, 6.45) is 11.4. The molecule has 136 valence electrons. The maximum atomic E-state index is 12.5. The summed E-state index contributed by atoms with van der Waals surface area (Å²) in [5.74, 6) is -3.20. The molecule has 0 fully saturated rings. The summed E-state index contributed by atoms with van der Waals surface area (Å²) in [5.41, 5.74) is 0.453. The lowest BCUT2D eigenvalue weighted by molar-refractivity contribution is -0.139. The van der Waals surface area contributed by atoms with Crippen LogP contribution in [-0.2, 0) is 4.74 Å². The van der Waals surface area contributed by atoms with Crippen LogP contribution in [0.4, 0.5) is 0 Å². The van der Waals surface area contributed by atoms with Gasteiger partial charge in [0, 0.05) is 11.6 Å². The first-order valence-electron chi connectivity index (χ1n) is 9.12. The monoisotopic (exact) mass is 344 g/mol. The number of hydrogen-bond donors (Lipinski definition) is 2. The van der Waals surface area contributed by atoms with Gasteiger partial charge in [-0.15, -0.1) is 0 Å². The van der Waals surface area contributed by atoms with Crippen LogP contribution in [0.3, 0.4) is 0 Å². The van der Waals surface area contributed by atoms with Crippen LogP contribution < -0.4 is 0 Å². The molecular weight excluding hydrogens is 316 g/mol. The molecular formula is C21H28O4. The number of Topliss-reactive ketones (excluding diaryl/α,β-unsaturated/α-hetero) is 1. The van der Waals surface area contributed by atoms with Gasteiger partial charge in [0.1, 0.15) is 5.76 Å². The molecule has 2 N–H and O–H groups in total. The van der Waals surface area contributed by atoms with Gasteiger partial charge in [0.25, 0.3) is 0 Å². The topological polar surface area (TPSA) is 66.8 Å². The first kappa shape index (κ1) is 19.4. The Hall–Kier alpha value is -1.91. The Morgan fingerprint density at radius 3 is 2.44 bits per heavy atom. The molecule has 1 atom stereocenters. The number of allylic oxidation sites excluding steroid dienone is 1. The Morgan fingerprint density at radius 1 is 1.08 bits per heavy atom. The SMILES string of the molecule is CCCCCCCCOC1=CC(O)(O)C(C(=O)c2ccccc2)C=C1. The summed E-state index contributed by atoms with van der Waals surface area (Å²) >= 11 is 0. The Morgan fingerprint density at radius 2 is 1.76 bits per heavy atom. The first-order valence-corrected chi connectivity index (χ1v) is 9.12. The van der Waals surface area contributed by atoms with Gasteiger partial charge in [-0.2, -0.15) is 0 Å². The fraction of sp³-hybridized carbons (Fsp3) is 0.476. The number of carbonyl (C=O) groups excluding carboxylic acids is 1. The highest BCUT2D eigenvalue weighted by atomic mass is 16.5. The fourth-order valence-electron chi connectivity index (χ4n) is 2.90. The minimum absolute atomic E-state index is 0.326. The van der Waals surface area contributed by atoms with Crippen LogP contribution in [0.1, 0.15) is 55.8 Å². The van der Waals surface area contributed by atoms with Crippen molar-refractivity contribution < 1.29 is 19.7 Å². The van der Waals surface area contributed by atoms with Crippen molar-refractivity contribution in [3.05, 3.63) is 59.9 Å². The molecule has 0 bridgehead atoms. The van der Waals surface area contributed by atoms with Crippen LogP contribution in [0.25, 0.3) is 0 Å². The zero-order valence-electron chi connectivity index (χ0n) is 14.9. The van der Waals surface area contributed by atoms with E-state index in [-0.39, 0.29) is 5.78 Å². The van der Waals surface area contributed by atoms with Gasteiger partial charge < -0.3 is 14.9 Å². The van der Waals surface area contributed by atoms with Crippen molar-refractivity contribution >= 4 is 5.78 Å². The lowest BCUT2D eigenvalue weighted by atomic mass is 9.86. The number of rotatable bonds is 10. The standard InChI is InChI=1S/C21H28O4/c1-2-3-4-5-6-10-15-25-18-13-14-19(21(23,24)16-18)20(22)17-11-8-7-9-12-17/h7-9,11-14,16,19,23-24H,2-6,10,15H2,1H3. The minimum atomic E-state index is -2.24. The van der Waals surface area contributed by atoms with E-state index in [1.165, 1.54) is 37.8 Å². The first-order chi connectivity index (χ1) is 12.0. The second-order valence-corrected chi connectivity index (χ2v) is 6.51. The van der Waals surface area contributed by atoms with E-state index in [9.17, 15) is 15.0 Å². The number of carbonyl (C=O) groups is 1. The average molecular weight is 344 g/mol. The minimum Gasteiger partial charge on any atom is -0.494 e. The van der Waals surface area contributed by atoms with Crippen molar-refractivity contribution in [3.8, 4) is 0 Å². The summed E-state index contributed by atoms with van der Waals surface area (Å²) in [6, 6.07) is 8.65. The zero-order chi connectivity index (χ0) is 18.1. The van der Waals surface area contributed by atoms with E-state index in [4.69, 9.17) is 4.74 Å². The van der Waals surface area contributed by atoms with Crippen molar-refractivity contribution in [1.29, 1.82) is 0 Å². The van der Waals surface area contributed by atoms with E-state index in [1.807, 2.05) is 6.07 Å². The molecule has 1 unspecified atom stereocenters. The van der Waals surface area contributed by atoms with Gasteiger partial charge in [-0.25, -0.2) is 0 Å². The fourth-order valence-corrected chi connectivity index (χ4v) is 2.90. The van der Waals surface area contributed by atoms with Gasteiger partial charge in [-0.1, -0.05) is 75.4 Å². The number of aliphatic hydroxyl groups is 2. The highest BCUT2D eigenvalue weighted by Gasteiger charge is 2.39. The molecule has 1 aromatic carbocycles. The number of hydrogen-bond acceptors (Lipinski definition) is 4. The van der Waals surface area contributed by atoms with Crippen LogP contribution in [-0.4, -0.2) is 28.4 Å². The average Bonchev–Trinajstić information content (AvgIpc) is 2.60. The molecule has 4 nitrogen and oxygen atoms in total. The molecule has 1 aliphatic carbocycles. The van der Waals surface area contributed by atoms with Gasteiger partial charge in [-0.3, -0.25) is 4.79 Å². The van der Waals surface area contributed by atoms with E-state index >= 15 is 0 Å². The molecule has 2 rings (SSSR count). The molecule has 1 aromatic rings. The Bertz CT molecular complexity index is 602. The third-order valence-corrected chi connectivity index (χ3v) is 4.37. The quantitative estimate of drug-likeness (QED) is 0.382. The molecule has 1 aliphatic rings. The molecule has 25 heavy (non-hydrogen) atoms. The molecule has 0 aromatic heterocycles. The molecule has 0 amide bonds. The second kappa shape index (κ2) is 9.54. The predicted octanol–water partition coefficient (Wildman–Crippen LogP) is 4.00. The highest BCUT2D eigenvalue weighted by Crippen LogP contribution is 2.28. The summed E-state index contributed by atoms with van der Waals surface area (Å²) < 4.78 is 5.60. The van der Waals surface area contributed by atoms with E-state index < -0.39 is 11.7 Å². The number of ketones is 1. The lowest BCUT2D eigenvalue weighted by Gasteiger charge is -2.29. The maximum Gasteiger partial charge on any atom is 0.200 e. The molecule has 0 heterocycles. The van der Waals surface area contributed by atoms with Crippen molar-refractivity contribution in [3.63, 3.8) is 0 Å². The van der Waals surface area contributed by atoms with Crippen LogP contribution in [0.2, 0.25) is 0 Å². The number of benzene rings is 1. The van der Waals surface area contributed by atoms with Crippen LogP contribution in [0.5, 0.6) is 0 Å². The summed E-state index contributed by atoms with van der Waals surface area (Å²) in [5, 5.41) is 20.5. The highest BCUT2D eigenvalue weighted by molar-refractivity contribution is 5.99. The summed E-state index contributed by atoms with van der Waals surface area (Å²) in [4.78, 5) is 12.5. The third kappa shape index (κ3) is 5.83. The Balaban J connectivity index is 1.84. The molecule has 0 aliphatic heterocycles. The maximum absolute atomic E-state index is 12.5. The van der Waals surface area contributed by atoms with Crippen molar-refractivity contribution in [2.24, 2.45) is 5.92 Å². The predicted molar refractivity (Wildman–Crippen MR) is 98.0 cm³/mol. The van der Waals surface area contributed by atoms with Crippen molar-refractivity contribution in [1.82, 2.24) is 0 Å². The van der Waals surface area contributed by atoms with Crippen LogP contribution in [0, 0.1) is 5.92 Å². The van der Waals surface area contributed by atoms with E-state index in [2.05, 4.69) is 6.92 Å². The van der Waals surface area contributed by atoms with Crippen LogP contribution >= 0.6 is 0 Å². The van der Waals surface area contributed by atoms with Crippen molar-refractivity contribution in [2.45, 2.75) is 51.2 Å². The van der Waals surface area contributed by atoms with Crippen molar-refractivity contribution in [2.75, 3.05) is 6.61 Å². The van der Waals surface area contributed by atoms with Gasteiger partial charge in [-0.05, 0) is 12.5 Å². The van der Waals surface area contributed by atoms with Crippen LogP contribution in [0.15, 0.2) is 54.3 Å². The van der Waals surface area contributed by atoms with Gasteiger partial charge in [0.2, 0.25) is 5.79 Å². The lowest BCUT2D eigenvalue weighted by Crippen LogP contribution is -2.41. The largest absolute Gasteiger partial charge is 0.494 e. The second-order valence-electron chi connectivity index (χ2n) is 6.51. The molecule has 4 heteroatoms. The molecule has 0 radical (unpaired) electrons. The third-order valence-electron chi connectivity index (χ3n) is 4.37. The van der Waals surface area contributed by atoms with Gasteiger partial charge in [0.15, 0.2) is 5.78 Å². The molecule has 0 spiro atoms. The van der Waals surface area contributed by atoms with E-state index in [0.29, 0.717) is 17.9 Å². The number of ether oxygens (including phenoxy) is 1. The van der Waals surface area contributed by atoms with E-state index in [0.717, 1.165) is 12.8 Å². The molecule has 0 saturated heterocycles. The summed E-state index contributed by atoms with van der Waals surface area (Å²) in [6.45, 7) is 2.73. The smallest absolute Gasteiger partial charge is 0.200 e. The van der Waals surface area contributed by atoms with Gasteiger partial charge >= 0.3 is 0 Å². The van der Waals surface area contributed by atoms with Gasteiger partial charge in [0.05, 0.1) is 12.5 Å². The number of unbranched alkanes of at least 4 members (excludes halogenated alkanes) is 5. The molecule has 0 saturated carbocycles. The Labute approximate surface area is 149 Å². The zero-order valence-corrected chi connectivity index (χ0v) is 14.9. The van der Waals surface area contributed by atoms with E-state index in [1.54, 1.807) is 30.3 Å². The Kier molecular flexibility index (Phi) is 7.41. The summed E-state index contributed by atoms with van der Waals surface area (Å²) in [7, 11) is 0.